The molecule has 7 heteroatoms. The van der Waals surface area contributed by atoms with E-state index in [0.717, 1.165) is 5.82 Å². The van der Waals surface area contributed by atoms with Gasteiger partial charge in [-0.3, -0.25) is 9.59 Å². The number of benzene rings is 1. The van der Waals surface area contributed by atoms with Crippen molar-refractivity contribution >= 4 is 17.6 Å². The first-order valence-corrected chi connectivity index (χ1v) is 7.88. The zero-order chi connectivity index (χ0) is 16.8. The summed E-state index contributed by atoms with van der Waals surface area (Å²) >= 11 is 0. The molecule has 0 spiro atoms. The maximum absolute atomic E-state index is 12.2. The lowest BCUT2D eigenvalue weighted by Gasteiger charge is -2.35. The summed E-state index contributed by atoms with van der Waals surface area (Å²) in [7, 11) is 0. The number of rotatable bonds is 4. The number of carbonyl (C=O) groups excluding carboxylic acids is 2. The fourth-order valence-electron chi connectivity index (χ4n) is 2.61. The van der Waals surface area contributed by atoms with Crippen LogP contribution in [-0.4, -0.2) is 59.6 Å². The third kappa shape index (κ3) is 3.87. The molecule has 1 aromatic heterocycles. The highest BCUT2D eigenvalue weighted by atomic mass is 16.2. The molecular formula is C17H19N5O2. The molecule has 124 valence electrons. The van der Waals surface area contributed by atoms with Crippen molar-refractivity contribution in [1.29, 1.82) is 0 Å². The number of piperazine rings is 1. The lowest BCUT2D eigenvalue weighted by molar-refractivity contribution is -0.130. The molecule has 7 nitrogen and oxygen atoms in total. The van der Waals surface area contributed by atoms with E-state index in [-0.39, 0.29) is 18.4 Å². The van der Waals surface area contributed by atoms with Crippen LogP contribution in [0.1, 0.15) is 10.4 Å². The van der Waals surface area contributed by atoms with Crippen LogP contribution in [0.3, 0.4) is 0 Å². The van der Waals surface area contributed by atoms with E-state index < -0.39 is 0 Å². The monoisotopic (exact) mass is 325 g/mol. The Morgan fingerprint density at radius 3 is 2.42 bits per heavy atom. The highest BCUT2D eigenvalue weighted by molar-refractivity contribution is 5.96. The van der Waals surface area contributed by atoms with Crippen LogP contribution in [0.25, 0.3) is 0 Å². The number of hydrogen-bond acceptors (Lipinski definition) is 5. The molecule has 0 saturated carbocycles. The minimum absolute atomic E-state index is 0.0128. The van der Waals surface area contributed by atoms with Gasteiger partial charge in [-0.15, -0.1) is 5.10 Å². The fraction of sp³-hybridized carbons (Fsp3) is 0.294. The van der Waals surface area contributed by atoms with E-state index in [4.69, 9.17) is 0 Å². The predicted octanol–water partition coefficient (Wildman–Crippen LogP) is 0.555. The van der Waals surface area contributed by atoms with Crippen molar-refractivity contribution in [3.8, 4) is 0 Å². The maximum atomic E-state index is 12.2. The third-order valence-electron chi connectivity index (χ3n) is 3.95. The Hall–Kier alpha value is -2.96. The van der Waals surface area contributed by atoms with Gasteiger partial charge in [-0.05, 0) is 24.3 Å². The van der Waals surface area contributed by atoms with Crippen molar-refractivity contribution in [3.63, 3.8) is 0 Å². The van der Waals surface area contributed by atoms with E-state index in [9.17, 15) is 9.59 Å². The molecule has 24 heavy (non-hydrogen) atoms. The third-order valence-corrected chi connectivity index (χ3v) is 3.95. The molecular weight excluding hydrogens is 306 g/mol. The second-order valence-electron chi connectivity index (χ2n) is 5.50. The maximum Gasteiger partial charge on any atom is 0.251 e. The Bertz CT molecular complexity index is 685. The molecule has 1 saturated heterocycles. The van der Waals surface area contributed by atoms with Crippen LogP contribution in [-0.2, 0) is 4.79 Å². The van der Waals surface area contributed by atoms with Gasteiger partial charge >= 0.3 is 0 Å². The van der Waals surface area contributed by atoms with E-state index >= 15 is 0 Å². The number of amides is 2. The second kappa shape index (κ2) is 7.54. The Labute approximate surface area is 140 Å². The zero-order valence-corrected chi connectivity index (χ0v) is 13.3. The Kier molecular flexibility index (Phi) is 5.00. The minimum atomic E-state index is -0.234. The summed E-state index contributed by atoms with van der Waals surface area (Å²) in [6, 6.07) is 12.6. The molecule has 0 bridgehead atoms. The highest BCUT2D eigenvalue weighted by Gasteiger charge is 2.22. The molecule has 0 radical (unpaired) electrons. The number of nitrogens with one attached hydrogen (secondary N) is 1. The molecule has 1 aromatic carbocycles. The van der Waals surface area contributed by atoms with Crippen molar-refractivity contribution in [2.45, 2.75) is 0 Å². The van der Waals surface area contributed by atoms with Gasteiger partial charge in [0.05, 0.1) is 6.54 Å². The number of aromatic nitrogens is 2. The first-order valence-electron chi connectivity index (χ1n) is 7.88. The minimum Gasteiger partial charge on any atom is -0.352 e. The van der Waals surface area contributed by atoms with Crippen molar-refractivity contribution in [2.75, 3.05) is 37.6 Å². The molecule has 2 aromatic rings. The van der Waals surface area contributed by atoms with Crippen molar-refractivity contribution in [2.24, 2.45) is 0 Å². The fourth-order valence-corrected chi connectivity index (χ4v) is 2.61. The van der Waals surface area contributed by atoms with Gasteiger partial charge in [0.15, 0.2) is 5.82 Å². The summed E-state index contributed by atoms with van der Waals surface area (Å²) in [6.45, 7) is 2.64. The molecule has 3 rings (SSSR count). The van der Waals surface area contributed by atoms with E-state index in [2.05, 4.69) is 20.4 Å². The lowest BCUT2D eigenvalue weighted by atomic mass is 10.2. The largest absolute Gasteiger partial charge is 0.352 e. The summed E-state index contributed by atoms with van der Waals surface area (Å²) in [5.41, 5.74) is 0.553. The Morgan fingerprint density at radius 2 is 1.75 bits per heavy atom. The van der Waals surface area contributed by atoms with Crippen molar-refractivity contribution in [3.05, 3.63) is 54.2 Å². The van der Waals surface area contributed by atoms with Crippen molar-refractivity contribution in [1.82, 2.24) is 20.4 Å². The van der Waals surface area contributed by atoms with Gasteiger partial charge in [-0.2, -0.15) is 5.10 Å². The molecule has 0 unspecified atom stereocenters. The normalized spacial score (nSPS) is 14.3. The smallest absolute Gasteiger partial charge is 0.251 e. The molecule has 2 heterocycles. The summed E-state index contributed by atoms with van der Waals surface area (Å²) < 4.78 is 0. The molecule has 0 atom stereocenters. The van der Waals surface area contributed by atoms with E-state index in [1.54, 1.807) is 35.4 Å². The van der Waals surface area contributed by atoms with E-state index in [0.29, 0.717) is 31.7 Å². The van der Waals surface area contributed by atoms with Crippen LogP contribution >= 0.6 is 0 Å². The number of carbonyl (C=O) groups is 2. The van der Waals surface area contributed by atoms with Gasteiger partial charge in [0.1, 0.15) is 0 Å². The second-order valence-corrected chi connectivity index (χ2v) is 5.50. The predicted molar refractivity (Wildman–Crippen MR) is 89.6 cm³/mol. The van der Waals surface area contributed by atoms with E-state index in [1.807, 2.05) is 18.2 Å². The van der Waals surface area contributed by atoms with Crippen LogP contribution in [0, 0.1) is 0 Å². The molecule has 1 aliphatic heterocycles. The zero-order valence-electron chi connectivity index (χ0n) is 13.3. The summed E-state index contributed by atoms with van der Waals surface area (Å²) in [4.78, 5) is 28.1. The molecule has 1 N–H and O–H groups in total. The Morgan fingerprint density at radius 1 is 1.00 bits per heavy atom. The van der Waals surface area contributed by atoms with Gasteiger partial charge in [-0.1, -0.05) is 18.2 Å². The SMILES string of the molecule is O=C(NCC(=O)N1CCN(c2cccnn2)CC1)c1ccccc1. The van der Waals surface area contributed by atoms with Gasteiger partial charge in [-0.25, -0.2) is 0 Å². The van der Waals surface area contributed by atoms with Gasteiger partial charge in [0.25, 0.3) is 5.91 Å². The quantitative estimate of drug-likeness (QED) is 0.888. The molecule has 0 aliphatic carbocycles. The first kappa shape index (κ1) is 15.9. The number of hydrogen-bond donors (Lipinski definition) is 1. The number of anilines is 1. The topological polar surface area (TPSA) is 78.4 Å². The van der Waals surface area contributed by atoms with Crippen LogP contribution < -0.4 is 10.2 Å². The summed E-state index contributed by atoms with van der Waals surface area (Å²) in [5, 5.41) is 10.6. The van der Waals surface area contributed by atoms with Crippen LogP contribution in [0.5, 0.6) is 0 Å². The van der Waals surface area contributed by atoms with Crippen LogP contribution in [0.2, 0.25) is 0 Å². The van der Waals surface area contributed by atoms with Crippen molar-refractivity contribution < 1.29 is 9.59 Å². The lowest BCUT2D eigenvalue weighted by Crippen LogP contribution is -2.51. The average molecular weight is 325 g/mol. The Balaban J connectivity index is 1.46. The summed E-state index contributed by atoms with van der Waals surface area (Å²) in [6.07, 6.45) is 1.64. The van der Waals surface area contributed by atoms with Gasteiger partial charge in [0, 0.05) is 37.9 Å². The standard InChI is InChI=1S/C17H19N5O2/c23-16(13-18-17(24)14-5-2-1-3-6-14)22-11-9-21(10-12-22)15-7-4-8-19-20-15/h1-8H,9-13H2,(H,18,24). The molecule has 1 fully saturated rings. The van der Waals surface area contributed by atoms with E-state index in [1.165, 1.54) is 0 Å². The van der Waals surface area contributed by atoms with Crippen LogP contribution in [0.4, 0.5) is 5.82 Å². The van der Waals surface area contributed by atoms with Gasteiger partial charge < -0.3 is 15.1 Å². The molecule has 2 amide bonds. The average Bonchev–Trinajstić information content (AvgIpc) is 2.67. The number of nitrogens with zero attached hydrogens (tertiary/aromatic N) is 4. The summed E-state index contributed by atoms with van der Waals surface area (Å²) in [5.74, 6) is 0.516. The highest BCUT2D eigenvalue weighted by Crippen LogP contribution is 2.11. The molecule has 1 aliphatic rings. The first-order chi connectivity index (χ1) is 11.7. The van der Waals surface area contributed by atoms with Gasteiger partial charge in [0.2, 0.25) is 5.91 Å². The van der Waals surface area contributed by atoms with Crippen LogP contribution in [0.15, 0.2) is 48.7 Å².